The van der Waals surface area contributed by atoms with E-state index in [0.717, 1.165) is 45.4 Å². The number of cyclic esters (lactones) is 2. The average molecular weight is 659 g/mol. The zero-order valence-corrected chi connectivity index (χ0v) is 28.1. The van der Waals surface area contributed by atoms with Crippen LogP contribution in [0.4, 0.5) is 0 Å². The number of aliphatic hydroxyl groups excluding tert-OH is 2. The number of esters is 2. The molecule has 3 saturated heterocycles. The molecule has 2 aromatic rings. The zero-order chi connectivity index (χ0) is 33.7. The van der Waals surface area contributed by atoms with E-state index in [2.05, 4.69) is 41.4 Å². The molecule has 3 aliphatic rings. The van der Waals surface area contributed by atoms with E-state index in [1.807, 2.05) is 36.9 Å². The summed E-state index contributed by atoms with van der Waals surface area (Å²) in [5, 5.41) is 17.1. The van der Waals surface area contributed by atoms with Crippen LogP contribution in [-0.2, 0) is 28.5 Å². The molecule has 12 heteroatoms. The van der Waals surface area contributed by atoms with Gasteiger partial charge < -0.3 is 29.2 Å². The Hall–Kier alpha value is -3.00. The molecule has 5 heterocycles. The van der Waals surface area contributed by atoms with Crippen molar-refractivity contribution in [1.82, 2.24) is 19.8 Å². The number of aromatic nitrogens is 2. The number of carbonyl (C=O) groups is 2. The van der Waals surface area contributed by atoms with Crippen molar-refractivity contribution in [3.05, 3.63) is 60.2 Å². The first kappa shape index (κ1) is 38.4. The minimum atomic E-state index is -0.747. The van der Waals surface area contributed by atoms with E-state index >= 15 is 0 Å². The first-order valence-corrected chi connectivity index (χ1v) is 17.0. The lowest BCUT2D eigenvalue weighted by Gasteiger charge is -2.24. The van der Waals surface area contributed by atoms with Crippen molar-refractivity contribution in [2.24, 2.45) is 0 Å². The summed E-state index contributed by atoms with van der Waals surface area (Å²) in [5.74, 6) is -0.959. The molecule has 2 aromatic heterocycles. The Morgan fingerprint density at radius 1 is 0.745 bits per heavy atom. The van der Waals surface area contributed by atoms with Crippen LogP contribution in [0.1, 0.15) is 88.4 Å². The summed E-state index contributed by atoms with van der Waals surface area (Å²) in [5.41, 5.74) is 2.68. The summed E-state index contributed by atoms with van der Waals surface area (Å²) in [6.45, 7) is 9.39. The molecule has 4 atom stereocenters. The monoisotopic (exact) mass is 658 g/mol. The van der Waals surface area contributed by atoms with Crippen LogP contribution in [0.15, 0.2) is 49.1 Å². The molecule has 3 aliphatic heterocycles. The Kier molecular flexibility index (Phi) is 18.4. The molecule has 0 amide bonds. The number of aliphatic hydroxyl groups is 2. The van der Waals surface area contributed by atoms with E-state index < -0.39 is 24.1 Å². The summed E-state index contributed by atoms with van der Waals surface area (Å²) < 4.78 is 19.4. The van der Waals surface area contributed by atoms with E-state index in [-0.39, 0.29) is 13.4 Å². The highest BCUT2D eigenvalue weighted by atomic mass is 16.6. The summed E-state index contributed by atoms with van der Waals surface area (Å²) in [6, 6.07) is 9.48. The van der Waals surface area contributed by atoms with E-state index in [0.29, 0.717) is 25.3 Å². The molecule has 12 nitrogen and oxygen atoms in total. The molecule has 0 spiro atoms. The maximum Gasteiger partial charge on any atom is 0.347 e. The molecule has 0 radical (unpaired) electrons. The number of hydrogen-bond acceptors (Lipinski definition) is 12. The van der Waals surface area contributed by atoms with Gasteiger partial charge in [0.15, 0.2) is 12.2 Å². The largest absolute Gasteiger partial charge is 0.448 e. The number of pyridine rings is 2. The molecule has 3 fully saturated rings. The second-order valence-corrected chi connectivity index (χ2v) is 11.9. The molecule has 47 heavy (non-hydrogen) atoms. The van der Waals surface area contributed by atoms with Crippen LogP contribution in [0.3, 0.4) is 0 Å². The van der Waals surface area contributed by atoms with Gasteiger partial charge in [-0.2, -0.15) is 0 Å². The predicted molar refractivity (Wildman–Crippen MR) is 176 cm³/mol. The fraction of sp³-hybridized carbons (Fsp3) is 0.657. The van der Waals surface area contributed by atoms with Crippen LogP contribution in [0.2, 0.25) is 0 Å². The highest BCUT2D eigenvalue weighted by Crippen LogP contribution is 2.32. The third-order valence-electron chi connectivity index (χ3n) is 8.41. The fourth-order valence-corrected chi connectivity index (χ4v) is 5.99. The molecule has 262 valence electrons. The molecule has 4 unspecified atom stereocenters. The maximum absolute atomic E-state index is 10.7. The second kappa shape index (κ2) is 22.5. The number of hydrogen-bond donors (Lipinski definition) is 2. The van der Waals surface area contributed by atoms with Gasteiger partial charge in [0.05, 0.1) is 13.2 Å². The minimum Gasteiger partial charge on any atom is -0.448 e. The molecule has 0 aliphatic carbocycles. The van der Waals surface area contributed by atoms with Gasteiger partial charge in [-0.15, -0.1) is 0 Å². The fourth-order valence-electron chi connectivity index (χ4n) is 5.99. The zero-order valence-electron chi connectivity index (χ0n) is 28.1. The number of carbonyl (C=O) groups excluding carboxylic acids is 2. The van der Waals surface area contributed by atoms with Gasteiger partial charge in [0.1, 0.15) is 6.79 Å². The summed E-state index contributed by atoms with van der Waals surface area (Å²) in [6.07, 6.45) is 15.5. The normalized spacial score (nSPS) is 22.9. The van der Waals surface area contributed by atoms with Crippen LogP contribution >= 0.6 is 0 Å². The Balaban J connectivity index is 0.000000201. The van der Waals surface area contributed by atoms with Crippen molar-refractivity contribution < 1.29 is 38.7 Å². The Bertz CT molecular complexity index is 1110. The quantitative estimate of drug-likeness (QED) is 0.163. The van der Waals surface area contributed by atoms with Crippen LogP contribution < -0.4 is 0 Å². The smallest absolute Gasteiger partial charge is 0.347 e. The Morgan fingerprint density at radius 2 is 1.23 bits per heavy atom. The van der Waals surface area contributed by atoms with Crippen LogP contribution in [-0.4, -0.2) is 114 Å². The molecule has 2 N–H and O–H groups in total. The third kappa shape index (κ3) is 13.9. The molecular weight excluding hydrogens is 604 g/mol. The molecule has 0 bridgehead atoms. The van der Waals surface area contributed by atoms with Crippen molar-refractivity contribution in [1.29, 1.82) is 0 Å². The lowest BCUT2D eigenvalue weighted by Crippen LogP contribution is -2.40. The van der Waals surface area contributed by atoms with Gasteiger partial charge in [-0.3, -0.25) is 19.8 Å². The average Bonchev–Trinajstić information content (AvgIpc) is 3.77. The first-order chi connectivity index (χ1) is 22.9. The van der Waals surface area contributed by atoms with E-state index in [4.69, 9.17) is 19.7 Å². The van der Waals surface area contributed by atoms with Crippen molar-refractivity contribution >= 4 is 11.9 Å². The van der Waals surface area contributed by atoms with Gasteiger partial charge in [0.2, 0.25) is 0 Å². The van der Waals surface area contributed by atoms with Crippen molar-refractivity contribution in [2.45, 2.75) is 89.5 Å². The predicted octanol–water partition coefficient (Wildman–Crippen LogP) is 3.84. The van der Waals surface area contributed by atoms with Crippen LogP contribution in [0, 0.1) is 0 Å². The Morgan fingerprint density at radius 3 is 1.66 bits per heavy atom. The third-order valence-corrected chi connectivity index (χ3v) is 8.41. The summed E-state index contributed by atoms with van der Waals surface area (Å²) >= 11 is 0. The number of unbranched alkanes of at least 4 members (excludes halogenated alkanes) is 2. The van der Waals surface area contributed by atoms with Crippen molar-refractivity contribution in [3.63, 3.8) is 0 Å². The second-order valence-electron chi connectivity index (χ2n) is 11.9. The lowest BCUT2D eigenvalue weighted by molar-refractivity contribution is -0.191. The first-order valence-electron chi connectivity index (χ1n) is 17.0. The summed E-state index contributed by atoms with van der Waals surface area (Å²) in [4.78, 5) is 34.8. The van der Waals surface area contributed by atoms with Gasteiger partial charge >= 0.3 is 11.9 Å². The topological polar surface area (TPSA) is 144 Å². The molecule has 0 saturated carbocycles. The summed E-state index contributed by atoms with van der Waals surface area (Å²) in [7, 11) is 0. The highest BCUT2D eigenvalue weighted by Gasteiger charge is 2.32. The van der Waals surface area contributed by atoms with Gasteiger partial charge in [-0.1, -0.05) is 12.1 Å². The number of ether oxygens (including phenoxy) is 4. The van der Waals surface area contributed by atoms with Gasteiger partial charge in [0, 0.05) is 50.1 Å². The standard InChI is InChI=1S/C15H24N2O2.C14H22N2O2.C6H8O4/c18-10-12-19-11-2-1-8-17-9-4-6-15(17)14-5-3-7-16-13-14;17-12-18-10-2-1-8-16-9-4-6-14(16)13-5-3-7-15-11-13;1-3-5(7)10-4(2)6(8)9-3/h3,5,7,13,15,18H,1-2,4,6,8-12H2;3,5,7,11,14,17H,1-2,4,6,8-10,12H2;3-4H,1-2H3. The van der Waals surface area contributed by atoms with Crippen molar-refractivity contribution in [2.75, 3.05) is 59.4 Å². The lowest BCUT2D eigenvalue weighted by atomic mass is 10.1. The van der Waals surface area contributed by atoms with Crippen LogP contribution in [0.5, 0.6) is 0 Å². The van der Waals surface area contributed by atoms with E-state index in [1.165, 1.54) is 63.7 Å². The van der Waals surface area contributed by atoms with Gasteiger partial charge in [-0.05, 0) is 115 Å². The number of nitrogens with zero attached hydrogens (tertiary/aromatic N) is 4. The molecular formula is C35H54N4O8. The maximum atomic E-state index is 10.7. The van der Waals surface area contributed by atoms with Crippen molar-refractivity contribution in [3.8, 4) is 0 Å². The molecule has 5 rings (SSSR count). The minimum absolute atomic E-state index is 0.120. The Labute approximate surface area is 279 Å². The van der Waals surface area contributed by atoms with E-state index in [1.54, 1.807) is 0 Å². The van der Waals surface area contributed by atoms with E-state index in [9.17, 15) is 9.59 Å². The van der Waals surface area contributed by atoms with Gasteiger partial charge in [0.25, 0.3) is 0 Å². The highest BCUT2D eigenvalue weighted by molar-refractivity contribution is 5.86. The SMILES string of the molecule is CC1OC(=O)C(C)OC1=O.OCCOCCCCN1CCCC1c1cccnc1.OCOCCCCN1CCCC1c1cccnc1. The molecule has 0 aromatic carbocycles. The number of likely N-dealkylation sites (tertiary alicyclic amines) is 2. The van der Waals surface area contributed by atoms with Crippen LogP contribution in [0.25, 0.3) is 0 Å². The van der Waals surface area contributed by atoms with Gasteiger partial charge in [-0.25, -0.2) is 9.59 Å². The number of rotatable bonds is 15.